The number of carbonyl (C=O) groups excluding carboxylic acids is 1. The fourth-order valence-corrected chi connectivity index (χ4v) is 3.82. The number of amides is 1. The summed E-state index contributed by atoms with van der Waals surface area (Å²) in [5.74, 6) is -0.100. The topological polar surface area (TPSA) is 59.8 Å². The molecule has 1 amide bonds. The van der Waals surface area contributed by atoms with Crippen LogP contribution in [0.5, 0.6) is 0 Å². The molecule has 0 unspecified atom stereocenters. The molecule has 3 aromatic rings. The lowest BCUT2D eigenvalue weighted by molar-refractivity contribution is 0.102. The standard InChI is InChI=1S/C20H20N4OS/c1-14(26-20-23-21-13-24(20)18-10-11-18)16-8-5-9-17(12-16)22-19(25)15-6-3-2-4-7-15/h2-9,12-14,18H,10-11H2,1H3,(H,22,25)/t14-/m1/s1. The average Bonchev–Trinajstić information content (AvgIpc) is 3.42. The molecule has 0 spiro atoms. The zero-order valence-electron chi connectivity index (χ0n) is 14.5. The Kier molecular flexibility index (Phi) is 4.75. The van der Waals surface area contributed by atoms with Gasteiger partial charge < -0.3 is 9.88 Å². The van der Waals surface area contributed by atoms with Crippen molar-refractivity contribution < 1.29 is 4.79 Å². The van der Waals surface area contributed by atoms with Crippen LogP contribution in [0.15, 0.2) is 66.1 Å². The van der Waals surface area contributed by atoms with Gasteiger partial charge in [-0.3, -0.25) is 4.79 Å². The molecule has 4 rings (SSSR count). The zero-order chi connectivity index (χ0) is 17.9. The number of nitrogens with one attached hydrogen (secondary N) is 1. The first kappa shape index (κ1) is 16.8. The van der Waals surface area contributed by atoms with Gasteiger partial charge in [-0.25, -0.2) is 0 Å². The third-order valence-corrected chi connectivity index (χ3v) is 5.54. The molecule has 1 aliphatic carbocycles. The van der Waals surface area contributed by atoms with Crippen molar-refractivity contribution in [1.29, 1.82) is 0 Å². The van der Waals surface area contributed by atoms with Crippen molar-refractivity contribution in [3.63, 3.8) is 0 Å². The first-order valence-electron chi connectivity index (χ1n) is 8.73. The summed E-state index contributed by atoms with van der Waals surface area (Å²) in [6.45, 7) is 2.15. The number of aromatic nitrogens is 3. The van der Waals surface area contributed by atoms with Gasteiger partial charge in [-0.05, 0) is 49.6 Å². The van der Waals surface area contributed by atoms with Crippen molar-refractivity contribution in [2.75, 3.05) is 5.32 Å². The second-order valence-electron chi connectivity index (χ2n) is 6.46. The van der Waals surface area contributed by atoms with Crippen LogP contribution in [0.25, 0.3) is 0 Å². The summed E-state index contributed by atoms with van der Waals surface area (Å²) in [6, 6.07) is 17.8. The molecule has 0 saturated heterocycles. The third kappa shape index (κ3) is 3.80. The minimum absolute atomic E-state index is 0.100. The van der Waals surface area contributed by atoms with Crippen LogP contribution in [-0.2, 0) is 0 Å². The number of anilines is 1. The first-order chi connectivity index (χ1) is 12.7. The lowest BCUT2D eigenvalue weighted by Crippen LogP contribution is -2.11. The highest BCUT2D eigenvalue weighted by molar-refractivity contribution is 7.99. The maximum Gasteiger partial charge on any atom is 0.255 e. The van der Waals surface area contributed by atoms with E-state index in [0.29, 0.717) is 11.6 Å². The predicted molar refractivity (Wildman–Crippen MR) is 103 cm³/mol. The lowest BCUT2D eigenvalue weighted by Gasteiger charge is -2.13. The largest absolute Gasteiger partial charge is 0.322 e. The molecule has 0 aliphatic heterocycles. The summed E-state index contributed by atoms with van der Waals surface area (Å²) in [5.41, 5.74) is 2.59. The molecular formula is C20H20N4OS. The molecule has 0 bridgehead atoms. The van der Waals surface area contributed by atoms with E-state index in [0.717, 1.165) is 16.4 Å². The van der Waals surface area contributed by atoms with Crippen molar-refractivity contribution in [3.05, 3.63) is 72.1 Å². The van der Waals surface area contributed by atoms with Gasteiger partial charge in [-0.1, -0.05) is 42.1 Å². The van der Waals surface area contributed by atoms with Gasteiger partial charge in [-0.15, -0.1) is 10.2 Å². The molecule has 6 heteroatoms. The summed E-state index contributed by atoms with van der Waals surface area (Å²) in [5, 5.41) is 12.5. The van der Waals surface area contributed by atoms with Gasteiger partial charge in [0.15, 0.2) is 5.16 Å². The number of nitrogens with zero attached hydrogens (tertiary/aromatic N) is 3. The van der Waals surface area contributed by atoms with E-state index in [2.05, 4.69) is 33.1 Å². The molecule has 1 heterocycles. The van der Waals surface area contributed by atoms with Crippen LogP contribution < -0.4 is 5.32 Å². The molecule has 1 atom stereocenters. The van der Waals surface area contributed by atoms with Gasteiger partial charge in [0, 0.05) is 22.5 Å². The highest BCUT2D eigenvalue weighted by Crippen LogP contribution is 2.41. The van der Waals surface area contributed by atoms with Gasteiger partial charge in [0.1, 0.15) is 6.33 Å². The highest BCUT2D eigenvalue weighted by Gasteiger charge is 2.27. The number of benzene rings is 2. The van der Waals surface area contributed by atoms with E-state index in [1.165, 1.54) is 12.8 Å². The number of hydrogen-bond acceptors (Lipinski definition) is 4. The van der Waals surface area contributed by atoms with Crippen LogP contribution in [0.4, 0.5) is 5.69 Å². The van der Waals surface area contributed by atoms with Crippen LogP contribution in [0.2, 0.25) is 0 Å². The Labute approximate surface area is 156 Å². The van der Waals surface area contributed by atoms with Crippen molar-refractivity contribution >= 4 is 23.4 Å². The molecule has 132 valence electrons. The first-order valence-corrected chi connectivity index (χ1v) is 9.61. The van der Waals surface area contributed by atoms with Crippen molar-refractivity contribution in [1.82, 2.24) is 14.8 Å². The summed E-state index contributed by atoms with van der Waals surface area (Å²) in [6.07, 6.45) is 4.24. The van der Waals surface area contributed by atoms with Gasteiger partial charge in [-0.2, -0.15) is 0 Å². The summed E-state index contributed by atoms with van der Waals surface area (Å²) in [4.78, 5) is 12.3. The Hall–Kier alpha value is -2.60. The van der Waals surface area contributed by atoms with E-state index in [-0.39, 0.29) is 11.2 Å². The predicted octanol–water partition coefficient (Wildman–Crippen LogP) is 4.72. The molecule has 1 saturated carbocycles. The molecule has 26 heavy (non-hydrogen) atoms. The zero-order valence-corrected chi connectivity index (χ0v) is 15.3. The number of carbonyl (C=O) groups is 1. The number of thioether (sulfide) groups is 1. The molecule has 1 fully saturated rings. The maximum atomic E-state index is 12.3. The molecule has 2 aromatic carbocycles. The number of hydrogen-bond donors (Lipinski definition) is 1. The quantitative estimate of drug-likeness (QED) is 0.643. The Morgan fingerprint density at radius 1 is 1.19 bits per heavy atom. The Balaban J connectivity index is 1.46. The van der Waals surface area contributed by atoms with E-state index >= 15 is 0 Å². The van der Waals surface area contributed by atoms with E-state index < -0.39 is 0 Å². The Bertz CT molecular complexity index is 905. The summed E-state index contributed by atoms with van der Waals surface area (Å²) in [7, 11) is 0. The van der Waals surface area contributed by atoms with E-state index in [1.54, 1.807) is 11.8 Å². The van der Waals surface area contributed by atoms with E-state index in [4.69, 9.17) is 0 Å². The second kappa shape index (κ2) is 7.33. The monoisotopic (exact) mass is 364 g/mol. The Morgan fingerprint density at radius 3 is 2.77 bits per heavy atom. The summed E-state index contributed by atoms with van der Waals surface area (Å²) >= 11 is 1.70. The Morgan fingerprint density at radius 2 is 2.00 bits per heavy atom. The fraction of sp³-hybridized carbons (Fsp3) is 0.250. The summed E-state index contributed by atoms with van der Waals surface area (Å²) < 4.78 is 2.17. The third-order valence-electron chi connectivity index (χ3n) is 4.41. The van der Waals surface area contributed by atoms with Crippen molar-refractivity contribution in [3.8, 4) is 0 Å². The molecular weight excluding hydrogens is 344 g/mol. The minimum Gasteiger partial charge on any atom is -0.322 e. The van der Waals surface area contributed by atoms with Crippen LogP contribution in [0.3, 0.4) is 0 Å². The smallest absolute Gasteiger partial charge is 0.255 e. The molecule has 1 aliphatic rings. The van der Waals surface area contributed by atoms with Crippen LogP contribution in [-0.4, -0.2) is 20.7 Å². The molecule has 1 aromatic heterocycles. The highest BCUT2D eigenvalue weighted by atomic mass is 32.2. The fourth-order valence-electron chi connectivity index (χ4n) is 2.81. The maximum absolute atomic E-state index is 12.3. The van der Waals surface area contributed by atoms with Crippen molar-refractivity contribution in [2.24, 2.45) is 0 Å². The SMILES string of the molecule is C[C@@H](Sc1nncn1C1CC1)c1cccc(NC(=O)c2ccccc2)c1. The van der Waals surface area contributed by atoms with Gasteiger partial charge >= 0.3 is 0 Å². The van der Waals surface area contributed by atoms with Gasteiger partial charge in [0.25, 0.3) is 5.91 Å². The van der Waals surface area contributed by atoms with Gasteiger partial charge in [0.2, 0.25) is 0 Å². The average molecular weight is 364 g/mol. The van der Waals surface area contributed by atoms with E-state index in [1.807, 2.05) is 54.9 Å². The molecule has 1 N–H and O–H groups in total. The van der Waals surface area contributed by atoms with Crippen molar-refractivity contribution in [2.45, 2.75) is 36.2 Å². The van der Waals surface area contributed by atoms with E-state index in [9.17, 15) is 4.79 Å². The lowest BCUT2D eigenvalue weighted by atomic mass is 10.1. The molecule has 5 nitrogen and oxygen atoms in total. The van der Waals surface area contributed by atoms with Crippen LogP contribution in [0, 0.1) is 0 Å². The molecule has 0 radical (unpaired) electrons. The normalized spacial score (nSPS) is 14.8. The van der Waals surface area contributed by atoms with Crippen LogP contribution >= 0.6 is 11.8 Å². The number of rotatable bonds is 6. The second-order valence-corrected chi connectivity index (χ2v) is 7.77. The van der Waals surface area contributed by atoms with Gasteiger partial charge in [0.05, 0.1) is 0 Å². The van der Waals surface area contributed by atoms with Crippen LogP contribution in [0.1, 0.15) is 47.0 Å². The minimum atomic E-state index is -0.100.